The Morgan fingerprint density at radius 1 is 1.06 bits per heavy atom. The van der Waals surface area contributed by atoms with Crippen molar-refractivity contribution < 1.29 is 13.6 Å². The van der Waals surface area contributed by atoms with Crippen molar-refractivity contribution >= 4 is 34.3 Å². The largest absolute Gasteiger partial charge is 0.338 e. The second-order valence-corrected chi connectivity index (χ2v) is 8.57. The van der Waals surface area contributed by atoms with E-state index in [9.17, 15) is 13.6 Å². The fourth-order valence-corrected chi connectivity index (χ4v) is 4.23. The Morgan fingerprint density at radius 3 is 2.56 bits per heavy atom. The Bertz CT molecular complexity index is 1330. The van der Waals surface area contributed by atoms with Crippen LogP contribution in [-0.4, -0.2) is 46.1 Å². The molecule has 1 aliphatic heterocycles. The molecule has 4 aromatic rings. The summed E-state index contributed by atoms with van der Waals surface area (Å²) in [5, 5.41) is 13.2. The monoisotopic (exact) mass is 462 g/mol. The topological polar surface area (TPSA) is 85.9 Å². The highest BCUT2D eigenvalue weighted by molar-refractivity contribution is 6.07. The lowest BCUT2D eigenvalue weighted by atomic mass is 9.89. The number of likely N-dealkylation sites (tertiary alicyclic amines) is 1. The number of carbonyl (C=O) groups is 1. The van der Waals surface area contributed by atoms with Crippen molar-refractivity contribution in [2.75, 3.05) is 30.8 Å². The highest BCUT2D eigenvalue weighted by Crippen LogP contribution is 2.28. The van der Waals surface area contributed by atoms with Crippen LogP contribution in [-0.2, 0) is 0 Å². The van der Waals surface area contributed by atoms with Crippen molar-refractivity contribution in [1.82, 2.24) is 20.1 Å². The molecule has 0 aliphatic carbocycles. The molecule has 5 rings (SSSR count). The van der Waals surface area contributed by atoms with Crippen LogP contribution in [0.3, 0.4) is 0 Å². The van der Waals surface area contributed by atoms with Crippen molar-refractivity contribution in [2.24, 2.45) is 0 Å². The van der Waals surface area contributed by atoms with Crippen LogP contribution in [0.1, 0.15) is 34.7 Å². The Labute approximate surface area is 195 Å². The molecule has 3 heterocycles. The van der Waals surface area contributed by atoms with Crippen molar-refractivity contribution in [2.45, 2.75) is 18.8 Å². The fraction of sp³-hybridized carbons (Fsp3) is 0.240. The molecule has 1 amide bonds. The Morgan fingerprint density at radius 2 is 1.82 bits per heavy atom. The van der Waals surface area contributed by atoms with Crippen LogP contribution in [0.15, 0.2) is 54.6 Å². The van der Waals surface area contributed by atoms with Crippen LogP contribution < -0.4 is 10.6 Å². The zero-order valence-electron chi connectivity index (χ0n) is 18.6. The minimum Gasteiger partial charge on any atom is -0.338 e. The number of piperidine rings is 1. The Balaban J connectivity index is 1.27. The van der Waals surface area contributed by atoms with Gasteiger partial charge in [0, 0.05) is 11.6 Å². The molecule has 34 heavy (non-hydrogen) atoms. The molecule has 9 heteroatoms. The standard InChI is InChI=1S/C25H24F2N6O/c1-33-12-10-16(11-13-33)15-2-4-17(5-3-15)25(34)30-24-19-7-9-22(29-23(19)31-32-24)28-21-8-6-18(26)14-20(21)27/h2-9,14,16H,10-13H2,1H3,(H3,28,29,30,31,32,34). The summed E-state index contributed by atoms with van der Waals surface area (Å²) in [6, 6.07) is 14.3. The van der Waals surface area contributed by atoms with Crippen LogP contribution in [0.5, 0.6) is 0 Å². The number of hydrogen-bond donors (Lipinski definition) is 3. The van der Waals surface area contributed by atoms with Crippen molar-refractivity contribution in [3.05, 3.63) is 77.4 Å². The summed E-state index contributed by atoms with van der Waals surface area (Å²) in [7, 11) is 2.14. The van der Waals surface area contributed by atoms with E-state index in [0.717, 1.165) is 38.1 Å². The molecule has 0 bridgehead atoms. The number of anilines is 3. The van der Waals surface area contributed by atoms with Crippen LogP contribution in [0.2, 0.25) is 0 Å². The number of pyridine rings is 1. The van der Waals surface area contributed by atoms with Gasteiger partial charge >= 0.3 is 0 Å². The van der Waals surface area contributed by atoms with E-state index in [1.54, 1.807) is 12.1 Å². The molecule has 1 fully saturated rings. The first-order valence-corrected chi connectivity index (χ1v) is 11.1. The maximum absolute atomic E-state index is 13.9. The number of hydrogen-bond acceptors (Lipinski definition) is 5. The molecule has 1 saturated heterocycles. The molecule has 2 aromatic carbocycles. The smallest absolute Gasteiger partial charge is 0.256 e. The van der Waals surface area contributed by atoms with Crippen LogP contribution in [0.4, 0.5) is 26.1 Å². The molecular weight excluding hydrogens is 438 g/mol. The third-order valence-corrected chi connectivity index (χ3v) is 6.21. The lowest BCUT2D eigenvalue weighted by Crippen LogP contribution is -2.29. The van der Waals surface area contributed by atoms with Crippen LogP contribution in [0, 0.1) is 11.6 Å². The predicted octanol–water partition coefficient (Wildman–Crippen LogP) is 5.04. The van der Waals surface area contributed by atoms with Gasteiger partial charge in [0.05, 0.1) is 11.1 Å². The number of H-pyrrole nitrogens is 1. The van der Waals surface area contributed by atoms with Gasteiger partial charge in [-0.25, -0.2) is 13.8 Å². The Kier molecular flexibility index (Phi) is 5.93. The van der Waals surface area contributed by atoms with E-state index < -0.39 is 11.6 Å². The number of halogens is 2. The van der Waals surface area contributed by atoms with Gasteiger partial charge in [0.1, 0.15) is 17.5 Å². The molecule has 7 nitrogen and oxygen atoms in total. The molecule has 0 radical (unpaired) electrons. The molecule has 174 valence electrons. The zero-order valence-corrected chi connectivity index (χ0v) is 18.6. The molecule has 3 N–H and O–H groups in total. The predicted molar refractivity (Wildman–Crippen MR) is 127 cm³/mol. The number of rotatable bonds is 5. The first-order chi connectivity index (χ1) is 16.5. The van der Waals surface area contributed by atoms with Gasteiger partial charge in [-0.05, 0) is 80.9 Å². The second-order valence-electron chi connectivity index (χ2n) is 8.57. The maximum atomic E-state index is 13.9. The van der Waals surface area contributed by atoms with E-state index in [1.165, 1.54) is 11.6 Å². The van der Waals surface area contributed by atoms with Gasteiger partial charge in [-0.1, -0.05) is 12.1 Å². The summed E-state index contributed by atoms with van der Waals surface area (Å²) >= 11 is 0. The second kappa shape index (κ2) is 9.18. The fourth-order valence-electron chi connectivity index (χ4n) is 4.23. The highest BCUT2D eigenvalue weighted by atomic mass is 19.1. The molecule has 0 spiro atoms. The van der Waals surface area contributed by atoms with E-state index in [-0.39, 0.29) is 11.6 Å². The summed E-state index contributed by atoms with van der Waals surface area (Å²) in [6.07, 6.45) is 2.25. The zero-order chi connectivity index (χ0) is 23.7. The third-order valence-electron chi connectivity index (χ3n) is 6.21. The first kappa shape index (κ1) is 22.0. The van der Waals surface area contributed by atoms with Gasteiger partial charge in [-0.2, -0.15) is 5.10 Å². The van der Waals surface area contributed by atoms with Gasteiger partial charge in [0.2, 0.25) is 0 Å². The summed E-state index contributed by atoms with van der Waals surface area (Å²) in [4.78, 5) is 19.5. The number of aromatic amines is 1. The van der Waals surface area contributed by atoms with E-state index in [2.05, 4.69) is 37.8 Å². The molecular formula is C25H24F2N6O. The number of amides is 1. The number of carbonyl (C=O) groups excluding carboxylic acids is 1. The van der Waals surface area contributed by atoms with Gasteiger partial charge < -0.3 is 15.5 Å². The van der Waals surface area contributed by atoms with Crippen molar-refractivity contribution in [3.8, 4) is 0 Å². The third kappa shape index (κ3) is 4.60. The van der Waals surface area contributed by atoms with Gasteiger partial charge in [0.25, 0.3) is 5.91 Å². The minimum atomic E-state index is -0.721. The number of fused-ring (bicyclic) bond motifs is 1. The van der Waals surface area contributed by atoms with E-state index in [4.69, 9.17) is 0 Å². The van der Waals surface area contributed by atoms with Gasteiger partial charge in [-0.3, -0.25) is 9.89 Å². The molecule has 0 atom stereocenters. The van der Waals surface area contributed by atoms with E-state index in [0.29, 0.717) is 34.2 Å². The van der Waals surface area contributed by atoms with Gasteiger partial charge in [0.15, 0.2) is 11.5 Å². The van der Waals surface area contributed by atoms with Crippen molar-refractivity contribution in [3.63, 3.8) is 0 Å². The van der Waals surface area contributed by atoms with Crippen LogP contribution in [0.25, 0.3) is 11.0 Å². The molecule has 0 saturated carbocycles. The number of nitrogens with zero attached hydrogens (tertiary/aromatic N) is 3. The summed E-state index contributed by atoms with van der Waals surface area (Å²) < 4.78 is 27.0. The maximum Gasteiger partial charge on any atom is 0.256 e. The van der Waals surface area contributed by atoms with E-state index >= 15 is 0 Å². The summed E-state index contributed by atoms with van der Waals surface area (Å²) in [5.74, 6) is -0.409. The van der Waals surface area contributed by atoms with Crippen molar-refractivity contribution in [1.29, 1.82) is 0 Å². The van der Waals surface area contributed by atoms with Crippen LogP contribution >= 0.6 is 0 Å². The quantitative estimate of drug-likeness (QED) is 0.387. The first-order valence-electron chi connectivity index (χ1n) is 11.1. The average molecular weight is 463 g/mol. The average Bonchev–Trinajstić information content (AvgIpc) is 3.23. The Hall–Kier alpha value is -3.85. The lowest BCUT2D eigenvalue weighted by Gasteiger charge is -2.29. The molecule has 1 aliphatic rings. The lowest BCUT2D eigenvalue weighted by molar-refractivity contribution is 0.102. The van der Waals surface area contributed by atoms with E-state index in [1.807, 2.05) is 24.3 Å². The number of benzene rings is 2. The number of nitrogens with one attached hydrogen (secondary N) is 3. The normalized spacial score (nSPS) is 14.9. The SMILES string of the molecule is CN1CCC(c2ccc(C(=O)Nc3n[nH]c4nc(Nc5ccc(F)cc5F)ccc34)cc2)CC1. The minimum absolute atomic E-state index is 0.102. The van der Waals surface area contributed by atoms with Gasteiger partial charge in [-0.15, -0.1) is 0 Å². The molecule has 0 unspecified atom stereocenters. The highest BCUT2D eigenvalue weighted by Gasteiger charge is 2.19. The summed E-state index contributed by atoms with van der Waals surface area (Å²) in [6.45, 7) is 2.17. The number of aromatic nitrogens is 3. The molecule has 2 aromatic heterocycles. The summed E-state index contributed by atoms with van der Waals surface area (Å²) in [5.41, 5.74) is 2.33.